The van der Waals surface area contributed by atoms with Crippen molar-refractivity contribution >= 4 is 17.7 Å². The van der Waals surface area contributed by atoms with Gasteiger partial charge < -0.3 is 20.1 Å². The normalized spacial score (nSPS) is 29.2. The summed E-state index contributed by atoms with van der Waals surface area (Å²) < 4.78 is 11.1. The molecule has 28 heavy (non-hydrogen) atoms. The number of nitrogens with one attached hydrogen (secondary N) is 2. The third-order valence-corrected chi connectivity index (χ3v) is 7.57. The minimum atomic E-state index is 0.230. The van der Waals surface area contributed by atoms with Crippen LogP contribution in [0.4, 0.5) is 0 Å². The summed E-state index contributed by atoms with van der Waals surface area (Å²) in [6.45, 7) is 14.0. The van der Waals surface area contributed by atoms with Crippen LogP contribution in [0.3, 0.4) is 0 Å². The van der Waals surface area contributed by atoms with Gasteiger partial charge in [-0.1, -0.05) is 13.8 Å². The molecule has 0 aromatic heterocycles. The molecule has 0 spiro atoms. The SMILES string of the molecule is CN=C(NCC(C(C)C)N1CCOCC1)NCC1(N2CCOCC2)CCSC1. The summed E-state index contributed by atoms with van der Waals surface area (Å²) in [5.74, 6) is 3.95. The van der Waals surface area contributed by atoms with E-state index in [1.165, 1.54) is 17.9 Å². The van der Waals surface area contributed by atoms with Crippen LogP contribution in [0, 0.1) is 5.92 Å². The molecule has 0 radical (unpaired) electrons. The summed E-state index contributed by atoms with van der Waals surface area (Å²) in [7, 11) is 1.87. The standard InChI is InChI=1S/C20H39N5O2S/c1-17(2)18(24-5-9-26-10-6-24)14-22-19(21-3)23-15-20(4-13-28-16-20)25-7-11-27-12-8-25/h17-18H,4-16H2,1-3H3,(H2,21,22,23). The van der Waals surface area contributed by atoms with Crippen LogP contribution in [-0.2, 0) is 9.47 Å². The van der Waals surface area contributed by atoms with Gasteiger partial charge in [0.15, 0.2) is 5.96 Å². The molecule has 3 aliphatic heterocycles. The van der Waals surface area contributed by atoms with Gasteiger partial charge in [0.05, 0.1) is 26.4 Å². The molecule has 3 heterocycles. The van der Waals surface area contributed by atoms with Crippen molar-refractivity contribution in [3.05, 3.63) is 0 Å². The van der Waals surface area contributed by atoms with E-state index in [1.807, 2.05) is 7.05 Å². The first-order chi connectivity index (χ1) is 13.6. The van der Waals surface area contributed by atoms with Crippen molar-refractivity contribution < 1.29 is 9.47 Å². The Balaban J connectivity index is 1.52. The zero-order valence-electron chi connectivity index (χ0n) is 17.9. The molecule has 0 aromatic carbocycles. The molecule has 8 heteroatoms. The molecule has 2 atom stereocenters. The van der Waals surface area contributed by atoms with Gasteiger partial charge in [-0.3, -0.25) is 14.8 Å². The third-order valence-electron chi connectivity index (χ3n) is 6.34. The molecular weight excluding hydrogens is 374 g/mol. The monoisotopic (exact) mass is 413 g/mol. The average Bonchev–Trinajstić information content (AvgIpc) is 3.22. The Morgan fingerprint density at radius 1 is 1.07 bits per heavy atom. The number of hydrogen-bond acceptors (Lipinski definition) is 6. The molecule has 3 fully saturated rings. The van der Waals surface area contributed by atoms with Crippen molar-refractivity contribution in [1.29, 1.82) is 0 Å². The highest BCUT2D eigenvalue weighted by Gasteiger charge is 2.40. The van der Waals surface area contributed by atoms with E-state index in [0.717, 1.165) is 71.7 Å². The molecule has 0 amide bonds. The first-order valence-electron chi connectivity index (χ1n) is 10.8. The van der Waals surface area contributed by atoms with Crippen LogP contribution in [-0.4, -0.2) is 112 Å². The van der Waals surface area contributed by atoms with Gasteiger partial charge in [0.2, 0.25) is 0 Å². The summed E-state index contributed by atoms with van der Waals surface area (Å²) >= 11 is 2.07. The van der Waals surface area contributed by atoms with Gasteiger partial charge in [-0.2, -0.15) is 11.8 Å². The number of nitrogens with zero attached hydrogens (tertiary/aromatic N) is 3. The topological polar surface area (TPSA) is 61.4 Å². The Labute approximate surface area is 175 Å². The summed E-state index contributed by atoms with van der Waals surface area (Å²) in [4.78, 5) is 9.70. The summed E-state index contributed by atoms with van der Waals surface area (Å²) in [5.41, 5.74) is 0.230. The van der Waals surface area contributed by atoms with E-state index in [-0.39, 0.29) is 5.54 Å². The van der Waals surface area contributed by atoms with Crippen molar-refractivity contribution in [2.24, 2.45) is 10.9 Å². The highest BCUT2D eigenvalue weighted by Crippen LogP contribution is 2.33. The van der Waals surface area contributed by atoms with Gasteiger partial charge in [0.25, 0.3) is 0 Å². The molecule has 7 nitrogen and oxygen atoms in total. The van der Waals surface area contributed by atoms with E-state index in [1.54, 1.807) is 0 Å². The molecule has 3 aliphatic rings. The third kappa shape index (κ3) is 5.75. The highest BCUT2D eigenvalue weighted by molar-refractivity contribution is 7.99. The lowest BCUT2D eigenvalue weighted by atomic mass is 9.95. The number of ether oxygens (including phenoxy) is 2. The molecule has 0 aliphatic carbocycles. The van der Waals surface area contributed by atoms with E-state index in [0.29, 0.717) is 12.0 Å². The maximum absolute atomic E-state index is 5.58. The number of hydrogen-bond donors (Lipinski definition) is 2. The second-order valence-electron chi connectivity index (χ2n) is 8.39. The molecular formula is C20H39N5O2S. The Morgan fingerprint density at radius 2 is 1.75 bits per heavy atom. The largest absolute Gasteiger partial charge is 0.379 e. The number of rotatable bonds is 7. The average molecular weight is 414 g/mol. The van der Waals surface area contributed by atoms with Gasteiger partial charge in [-0.25, -0.2) is 0 Å². The minimum absolute atomic E-state index is 0.230. The second-order valence-corrected chi connectivity index (χ2v) is 9.50. The first kappa shape index (κ1) is 22.2. The van der Waals surface area contributed by atoms with Crippen molar-refractivity contribution in [2.75, 3.05) is 84.2 Å². The smallest absolute Gasteiger partial charge is 0.191 e. The van der Waals surface area contributed by atoms with E-state index in [2.05, 4.69) is 51.0 Å². The molecule has 0 saturated carbocycles. The predicted octanol–water partition coefficient (Wildman–Crippen LogP) is 0.716. The maximum Gasteiger partial charge on any atom is 0.191 e. The fourth-order valence-electron chi connectivity index (χ4n) is 4.50. The Morgan fingerprint density at radius 3 is 2.32 bits per heavy atom. The number of thioether (sulfide) groups is 1. The molecule has 0 bridgehead atoms. The molecule has 0 aromatic rings. The number of morpholine rings is 2. The van der Waals surface area contributed by atoms with E-state index >= 15 is 0 Å². The van der Waals surface area contributed by atoms with Crippen molar-refractivity contribution in [1.82, 2.24) is 20.4 Å². The molecule has 162 valence electrons. The van der Waals surface area contributed by atoms with Gasteiger partial charge in [0.1, 0.15) is 0 Å². The summed E-state index contributed by atoms with van der Waals surface area (Å²) in [5, 5.41) is 7.25. The van der Waals surface area contributed by atoms with Crippen molar-refractivity contribution in [3.8, 4) is 0 Å². The Kier molecular flexibility index (Phi) is 8.71. The van der Waals surface area contributed by atoms with Crippen LogP contribution >= 0.6 is 11.8 Å². The van der Waals surface area contributed by atoms with Crippen LogP contribution in [0.2, 0.25) is 0 Å². The quantitative estimate of drug-likeness (QED) is 0.471. The minimum Gasteiger partial charge on any atom is -0.379 e. The van der Waals surface area contributed by atoms with Crippen LogP contribution < -0.4 is 10.6 Å². The Hall–Kier alpha value is -0.540. The molecule has 3 rings (SSSR count). The molecule has 3 saturated heterocycles. The first-order valence-corrected chi connectivity index (χ1v) is 12.0. The lowest BCUT2D eigenvalue weighted by Crippen LogP contribution is -2.60. The van der Waals surface area contributed by atoms with Crippen molar-refractivity contribution in [2.45, 2.75) is 31.8 Å². The predicted molar refractivity (Wildman–Crippen MR) is 117 cm³/mol. The maximum atomic E-state index is 5.58. The van der Waals surface area contributed by atoms with Gasteiger partial charge in [-0.05, 0) is 18.1 Å². The van der Waals surface area contributed by atoms with Gasteiger partial charge >= 0.3 is 0 Å². The van der Waals surface area contributed by atoms with Crippen LogP contribution in [0.5, 0.6) is 0 Å². The van der Waals surface area contributed by atoms with E-state index < -0.39 is 0 Å². The number of guanidine groups is 1. The zero-order chi connectivity index (χ0) is 19.8. The fraction of sp³-hybridized carbons (Fsp3) is 0.950. The lowest BCUT2D eigenvalue weighted by molar-refractivity contribution is -0.0120. The van der Waals surface area contributed by atoms with Crippen LogP contribution in [0.15, 0.2) is 4.99 Å². The van der Waals surface area contributed by atoms with Crippen LogP contribution in [0.1, 0.15) is 20.3 Å². The lowest BCUT2D eigenvalue weighted by Gasteiger charge is -2.43. The van der Waals surface area contributed by atoms with Crippen molar-refractivity contribution in [3.63, 3.8) is 0 Å². The van der Waals surface area contributed by atoms with Gasteiger partial charge in [0, 0.05) is 63.6 Å². The Bertz CT molecular complexity index is 487. The summed E-state index contributed by atoms with van der Waals surface area (Å²) in [6.07, 6.45) is 1.24. The molecule has 2 N–H and O–H groups in total. The van der Waals surface area contributed by atoms with E-state index in [4.69, 9.17) is 9.47 Å². The second kappa shape index (κ2) is 11.0. The molecule has 2 unspecified atom stereocenters. The fourth-order valence-corrected chi connectivity index (χ4v) is 5.98. The van der Waals surface area contributed by atoms with Crippen LogP contribution in [0.25, 0.3) is 0 Å². The highest BCUT2D eigenvalue weighted by atomic mass is 32.2. The van der Waals surface area contributed by atoms with E-state index in [9.17, 15) is 0 Å². The number of aliphatic imine (C=N–C) groups is 1. The summed E-state index contributed by atoms with van der Waals surface area (Å²) in [6, 6.07) is 0.498. The van der Waals surface area contributed by atoms with Gasteiger partial charge in [-0.15, -0.1) is 0 Å². The zero-order valence-corrected chi connectivity index (χ0v) is 18.7.